The lowest BCUT2D eigenvalue weighted by Gasteiger charge is -2.13. The van der Waals surface area contributed by atoms with Crippen molar-refractivity contribution in [1.82, 2.24) is 9.55 Å². The second-order valence-electron chi connectivity index (χ2n) is 8.98. The van der Waals surface area contributed by atoms with Crippen LogP contribution in [0.5, 0.6) is 0 Å². The molecular weight excluding hydrogens is 404 g/mol. The van der Waals surface area contributed by atoms with Crippen molar-refractivity contribution in [2.24, 2.45) is 0 Å². The van der Waals surface area contributed by atoms with Crippen LogP contribution in [0.4, 0.5) is 0 Å². The van der Waals surface area contributed by atoms with Crippen LogP contribution in [0.3, 0.4) is 0 Å². The Morgan fingerprint density at radius 1 is 0.727 bits per heavy atom. The van der Waals surface area contributed by atoms with Crippen LogP contribution in [0.1, 0.15) is 12.8 Å². The van der Waals surface area contributed by atoms with E-state index in [1.807, 2.05) is 12.1 Å². The van der Waals surface area contributed by atoms with Gasteiger partial charge in [0.2, 0.25) is 0 Å². The molecule has 7 aromatic rings. The standard InChI is InChI=1S/C30H20N2O/c1-2-8-18(9-3-1)32-25-12-6-4-10-19(25)23-16-24-22(17-26(23)32)20-14-15-28-29(30(20)31-24)21-11-5-7-13-27(21)33-28/h1-2,4-8,10-17,31H,3,9H2. The van der Waals surface area contributed by atoms with Gasteiger partial charge in [-0.2, -0.15) is 0 Å². The summed E-state index contributed by atoms with van der Waals surface area (Å²) in [7, 11) is 0. The predicted octanol–water partition coefficient (Wildman–Crippen LogP) is 8.52. The quantitative estimate of drug-likeness (QED) is 0.281. The Morgan fingerprint density at radius 2 is 1.61 bits per heavy atom. The molecule has 4 aromatic carbocycles. The number of aromatic nitrogens is 2. The molecule has 0 unspecified atom stereocenters. The molecule has 0 saturated heterocycles. The van der Waals surface area contributed by atoms with E-state index in [0.29, 0.717) is 0 Å². The molecule has 1 aliphatic carbocycles. The lowest BCUT2D eigenvalue weighted by atomic mass is 10.1. The molecule has 3 aromatic heterocycles. The summed E-state index contributed by atoms with van der Waals surface area (Å²) in [6, 6.07) is 26.1. The maximum Gasteiger partial charge on any atom is 0.137 e. The van der Waals surface area contributed by atoms with E-state index in [4.69, 9.17) is 4.42 Å². The van der Waals surface area contributed by atoms with Crippen LogP contribution in [-0.4, -0.2) is 9.55 Å². The van der Waals surface area contributed by atoms with Crippen molar-refractivity contribution in [2.75, 3.05) is 0 Å². The molecule has 3 nitrogen and oxygen atoms in total. The molecule has 0 bridgehead atoms. The molecular formula is C30H20N2O. The number of aromatic amines is 1. The fourth-order valence-electron chi connectivity index (χ4n) is 5.73. The number of nitrogens with zero attached hydrogens (tertiary/aromatic N) is 1. The number of hydrogen-bond donors (Lipinski definition) is 1. The van der Waals surface area contributed by atoms with Crippen molar-refractivity contribution < 1.29 is 4.42 Å². The molecule has 1 N–H and O–H groups in total. The van der Waals surface area contributed by atoms with Crippen molar-refractivity contribution in [3.8, 4) is 0 Å². The third-order valence-electron chi connectivity index (χ3n) is 7.18. The molecule has 0 radical (unpaired) electrons. The summed E-state index contributed by atoms with van der Waals surface area (Å²) in [5.41, 5.74) is 8.06. The summed E-state index contributed by atoms with van der Waals surface area (Å²) in [6.07, 6.45) is 8.83. The van der Waals surface area contributed by atoms with Crippen molar-refractivity contribution in [1.29, 1.82) is 0 Å². The largest absolute Gasteiger partial charge is 0.456 e. The highest BCUT2D eigenvalue weighted by Crippen LogP contribution is 2.41. The fourth-order valence-corrected chi connectivity index (χ4v) is 5.73. The number of nitrogens with one attached hydrogen (secondary N) is 1. The average Bonchev–Trinajstić information content (AvgIpc) is 3.52. The van der Waals surface area contributed by atoms with E-state index >= 15 is 0 Å². The molecule has 0 spiro atoms. The molecule has 8 rings (SSSR count). The maximum atomic E-state index is 6.14. The van der Waals surface area contributed by atoms with E-state index in [1.54, 1.807) is 0 Å². The number of rotatable bonds is 1. The molecule has 0 aliphatic heterocycles. The van der Waals surface area contributed by atoms with Gasteiger partial charge in [-0.3, -0.25) is 0 Å². The van der Waals surface area contributed by atoms with Crippen LogP contribution in [0.2, 0.25) is 0 Å². The minimum absolute atomic E-state index is 0.925. The highest BCUT2D eigenvalue weighted by Gasteiger charge is 2.18. The summed E-state index contributed by atoms with van der Waals surface area (Å²) in [5.74, 6) is 0. The summed E-state index contributed by atoms with van der Waals surface area (Å²) in [6.45, 7) is 0. The minimum atomic E-state index is 0.925. The zero-order chi connectivity index (χ0) is 21.5. The van der Waals surface area contributed by atoms with E-state index < -0.39 is 0 Å². The SMILES string of the molecule is C1=CCCC(n2c3ccccc3c3cc4[nH]c5c(ccc6oc7ccccc7c65)c4cc32)=C1. The molecule has 0 amide bonds. The number of allylic oxidation sites excluding steroid dienone is 4. The van der Waals surface area contributed by atoms with E-state index in [9.17, 15) is 0 Å². The summed E-state index contributed by atoms with van der Waals surface area (Å²) in [5, 5.41) is 7.39. The van der Waals surface area contributed by atoms with Crippen LogP contribution in [0.15, 0.2) is 95.4 Å². The highest BCUT2D eigenvalue weighted by atomic mass is 16.3. The smallest absolute Gasteiger partial charge is 0.137 e. The molecule has 3 heteroatoms. The van der Waals surface area contributed by atoms with Crippen LogP contribution < -0.4 is 0 Å². The van der Waals surface area contributed by atoms with Crippen molar-refractivity contribution in [3.05, 3.63) is 91.0 Å². The molecule has 0 atom stereocenters. The Morgan fingerprint density at radius 3 is 2.52 bits per heavy atom. The second kappa shape index (κ2) is 6.17. The van der Waals surface area contributed by atoms with Gasteiger partial charge in [0.05, 0.1) is 21.9 Å². The van der Waals surface area contributed by atoms with Crippen molar-refractivity contribution in [2.45, 2.75) is 12.8 Å². The predicted molar refractivity (Wildman–Crippen MR) is 139 cm³/mol. The van der Waals surface area contributed by atoms with E-state index in [0.717, 1.165) is 45.8 Å². The van der Waals surface area contributed by atoms with E-state index in [2.05, 4.69) is 88.4 Å². The first-order chi connectivity index (χ1) is 16.4. The summed E-state index contributed by atoms with van der Waals surface area (Å²) < 4.78 is 8.59. The first-order valence-corrected chi connectivity index (χ1v) is 11.5. The third kappa shape index (κ3) is 2.24. The Bertz CT molecular complexity index is 1970. The second-order valence-corrected chi connectivity index (χ2v) is 8.98. The first kappa shape index (κ1) is 17.3. The number of benzene rings is 4. The molecule has 33 heavy (non-hydrogen) atoms. The average molecular weight is 425 g/mol. The number of fused-ring (bicyclic) bond motifs is 10. The Balaban J connectivity index is 1.55. The maximum absolute atomic E-state index is 6.14. The molecule has 0 fully saturated rings. The number of H-pyrrole nitrogens is 1. The zero-order valence-corrected chi connectivity index (χ0v) is 17.9. The van der Waals surface area contributed by atoms with Crippen LogP contribution in [-0.2, 0) is 0 Å². The molecule has 156 valence electrons. The van der Waals surface area contributed by atoms with Gasteiger partial charge in [-0.25, -0.2) is 0 Å². The third-order valence-corrected chi connectivity index (χ3v) is 7.18. The Hall–Kier alpha value is -4.24. The molecule has 0 saturated carbocycles. The van der Waals surface area contributed by atoms with Gasteiger partial charge in [0.25, 0.3) is 0 Å². The van der Waals surface area contributed by atoms with Gasteiger partial charge in [0, 0.05) is 38.1 Å². The van der Waals surface area contributed by atoms with Gasteiger partial charge in [-0.1, -0.05) is 48.6 Å². The molecule has 3 heterocycles. The van der Waals surface area contributed by atoms with Gasteiger partial charge in [0.15, 0.2) is 0 Å². The Kier molecular flexibility index (Phi) is 3.24. The van der Waals surface area contributed by atoms with E-state index in [1.165, 1.54) is 38.3 Å². The van der Waals surface area contributed by atoms with Crippen LogP contribution in [0, 0.1) is 0 Å². The van der Waals surface area contributed by atoms with Crippen molar-refractivity contribution >= 4 is 71.2 Å². The fraction of sp³-hybridized carbons (Fsp3) is 0.0667. The summed E-state index contributed by atoms with van der Waals surface area (Å²) in [4.78, 5) is 3.75. The molecule has 1 aliphatic rings. The Labute approximate surface area is 189 Å². The van der Waals surface area contributed by atoms with Crippen molar-refractivity contribution in [3.63, 3.8) is 0 Å². The number of hydrogen-bond acceptors (Lipinski definition) is 1. The van der Waals surface area contributed by atoms with E-state index in [-0.39, 0.29) is 0 Å². The van der Waals surface area contributed by atoms with Gasteiger partial charge >= 0.3 is 0 Å². The van der Waals surface area contributed by atoms with Gasteiger partial charge in [-0.15, -0.1) is 0 Å². The van der Waals surface area contributed by atoms with Crippen LogP contribution in [0.25, 0.3) is 71.2 Å². The van der Waals surface area contributed by atoms with Gasteiger partial charge < -0.3 is 14.0 Å². The minimum Gasteiger partial charge on any atom is -0.456 e. The topological polar surface area (TPSA) is 33.9 Å². The normalized spacial score (nSPS) is 14.5. The first-order valence-electron chi connectivity index (χ1n) is 11.5. The number of para-hydroxylation sites is 2. The lowest BCUT2D eigenvalue weighted by Crippen LogP contribution is -1.98. The highest BCUT2D eigenvalue weighted by molar-refractivity contribution is 6.25. The number of furan rings is 1. The van der Waals surface area contributed by atoms with Gasteiger partial charge in [-0.05, 0) is 55.3 Å². The lowest BCUT2D eigenvalue weighted by molar-refractivity contribution is 0.669. The monoisotopic (exact) mass is 424 g/mol. The van der Waals surface area contributed by atoms with Crippen LogP contribution >= 0.6 is 0 Å². The summed E-state index contributed by atoms with van der Waals surface area (Å²) >= 11 is 0. The zero-order valence-electron chi connectivity index (χ0n) is 17.9. The van der Waals surface area contributed by atoms with Gasteiger partial charge in [0.1, 0.15) is 11.2 Å².